The molecule has 0 aliphatic rings. The number of carbonyl (C=O) groups excluding carboxylic acids is 2. The van der Waals surface area contributed by atoms with Gasteiger partial charge in [0.15, 0.2) is 0 Å². The van der Waals surface area contributed by atoms with Crippen molar-refractivity contribution in [3.63, 3.8) is 0 Å². The van der Waals surface area contributed by atoms with Gasteiger partial charge in [-0.05, 0) is 89.1 Å². The van der Waals surface area contributed by atoms with E-state index < -0.39 is 34.1 Å². The van der Waals surface area contributed by atoms with Crippen LogP contribution in [0.2, 0.25) is 5.02 Å². The molecule has 0 unspecified atom stereocenters. The second-order valence-corrected chi connectivity index (χ2v) is 13.3. The number of sulfonamides is 1. The third kappa shape index (κ3) is 8.24. The van der Waals surface area contributed by atoms with Crippen LogP contribution >= 0.6 is 11.6 Å². The molecule has 0 aliphatic carbocycles. The molecule has 3 aromatic rings. The number of aryl methyl sites for hydroxylation is 2. The predicted molar refractivity (Wildman–Crippen MR) is 163 cm³/mol. The fraction of sp³-hybridized carbons (Fsp3) is 0.355. The summed E-state index contributed by atoms with van der Waals surface area (Å²) < 4.78 is 34.4. The quantitative estimate of drug-likeness (QED) is 0.332. The van der Waals surface area contributed by atoms with E-state index in [2.05, 4.69) is 5.32 Å². The average molecular weight is 600 g/mol. The highest BCUT2D eigenvalue weighted by Gasteiger charge is 2.34. The van der Waals surface area contributed by atoms with Crippen LogP contribution in [0.25, 0.3) is 0 Å². The summed E-state index contributed by atoms with van der Waals surface area (Å²) in [6, 6.07) is 17.6. The third-order valence-electron chi connectivity index (χ3n) is 6.48. The molecule has 0 spiro atoms. The number of anilines is 1. The van der Waals surface area contributed by atoms with Crippen molar-refractivity contribution in [1.29, 1.82) is 0 Å². The number of rotatable bonds is 10. The summed E-state index contributed by atoms with van der Waals surface area (Å²) in [5.41, 5.74) is 1.98. The molecule has 0 aromatic heterocycles. The number of hydrogen-bond donors (Lipinski definition) is 1. The number of carbonyl (C=O) groups is 2. The van der Waals surface area contributed by atoms with E-state index in [0.717, 1.165) is 15.4 Å². The molecule has 0 fully saturated rings. The molecule has 0 saturated carbocycles. The van der Waals surface area contributed by atoms with Gasteiger partial charge in [-0.3, -0.25) is 13.9 Å². The highest BCUT2D eigenvalue weighted by molar-refractivity contribution is 7.92. The van der Waals surface area contributed by atoms with Crippen LogP contribution in [-0.2, 0) is 26.2 Å². The molecule has 220 valence electrons. The van der Waals surface area contributed by atoms with Crippen molar-refractivity contribution in [3.05, 3.63) is 88.4 Å². The second kappa shape index (κ2) is 13.0. The number of methoxy groups -OCH3 is 1. The Morgan fingerprint density at radius 1 is 1.00 bits per heavy atom. The minimum atomic E-state index is -4.19. The number of nitrogens with zero attached hydrogens (tertiary/aromatic N) is 2. The number of nitrogens with one attached hydrogen (secondary N) is 1. The molecule has 2 amide bonds. The van der Waals surface area contributed by atoms with Crippen LogP contribution in [0.1, 0.15) is 44.4 Å². The van der Waals surface area contributed by atoms with Gasteiger partial charge in [0, 0.05) is 17.1 Å². The molecular formula is C31H38ClN3O5S. The first-order valence-electron chi connectivity index (χ1n) is 13.2. The van der Waals surface area contributed by atoms with Crippen molar-refractivity contribution in [2.45, 2.75) is 64.6 Å². The maximum absolute atomic E-state index is 14.1. The van der Waals surface area contributed by atoms with E-state index in [1.165, 1.54) is 23.1 Å². The predicted octanol–water partition coefficient (Wildman–Crippen LogP) is 5.49. The van der Waals surface area contributed by atoms with Crippen LogP contribution in [-0.4, -0.2) is 50.4 Å². The lowest BCUT2D eigenvalue weighted by Gasteiger charge is -2.34. The molecule has 3 aromatic carbocycles. The van der Waals surface area contributed by atoms with E-state index in [9.17, 15) is 18.0 Å². The van der Waals surface area contributed by atoms with Gasteiger partial charge in [0.1, 0.15) is 18.3 Å². The van der Waals surface area contributed by atoms with Gasteiger partial charge in [-0.25, -0.2) is 8.42 Å². The van der Waals surface area contributed by atoms with Gasteiger partial charge in [0.2, 0.25) is 11.8 Å². The van der Waals surface area contributed by atoms with Crippen LogP contribution < -0.4 is 14.4 Å². The SMILES string of the molecule is COc1cccc(CN(C(=O)CN(c2cc(Cl)ccc2C)S(=O)(=O)c2ccc(C)cc2)[C@@H](C)C(=O)NC(C)(C)C)c1. The van der Waals surface area contributed by atoms with E-state index in [1.807, 2.05) is 33.8 Å². The Hall–Kier alpha value is -3.56. The number of hydrogen-bond acceptors (Lipinski definition) is 5. The highest BCUT2D eigenvalue weighted by atomic mass is 35.5. The zero-order valence-electron chi connectivity index (χ0n) is 24.6. The van der Waals surface area contributed by atoms with Crippen LogP contribution in [0.5, 0.6) is 5.75 Å². The Balaban J connectivity index is 2.09. The minimum Gasteiger partial charge on any atom is -0.497 e. The van der Waals surface area contributed by atoms with Crippen LogP contribution in [0.4, 0.5) is 5.69 Å². The van der Waals surface area contributed by atoms with Gasteiger partial charge in [-0.1, -0.05) is 47.5 Å². The lowest BCUT2D eigenvalue weighted by atomic mass is 10.1. The van der Waals surface area contributed by atoms with Gasteiger partial charge in [0.05, 0.1) is 17.7 Å². The Morgan fingerprint density at radius 2 is 1.66 bits per heavy atom. The number of benzene rings is 3. The summed E-state index contributed by atoms with van der Waals surface area (Å²) in [6.45, 7) is 10.3. The first-order valence-corrected chi connectivity index (χ1v) is 15.0. The van der Waals surface area contributed by atoms with E-state index in [-0.39, 0.29) is 23.0 Å². The zero-order chi connectivity index (χ0) is 30.5. The summed E-state index contributed by atoms with van der Waals surface area (Å²) in [5, 5.41) is 3.25. The molecule has 1 N–H and O–H groups in total. The molecule has 0 bridgehead atoms. The average Bonchev–Trinajstić information content (AvgIpc) is 2.90. The topological polar surface area (TPSA) is 96.0 Å². The number of ether oxygens (including phenoxy) is 1. The number of amides is 2. The summed E-state index contributed by atoms with van der Waals surface area (Å²) >= 11 is 6.28. The summed E-state index contributed by atoms with van der Waals surface area (Å²) in [4.78, 5) is 28.8. The molecular weight excluding hydrogens is 562 g/mol. The summed E-state index contributed by atoms with van der Waals surface area (Å²) in [6.07, 6.45) is 0. The molecule has 0 radical (unpaired) electrons. The maximum atomic E-state index is 14.1. The van der Waals surface area contributed by atoms with E-state index in [4.69, 9.17) is 16.3 Å². The Labute approximate surface area is 248 Å². The lowest BCUT2D eigenvalue weighted by molar-refractivity contribution is -0.140. The second-order valence-electron chi connectivity index (χ2n) is 11.0. The van der Waals surface area contributed by atoms with Gasteiger partial charge in [0.25, 0.3) is 10.0 Å². The van der Waals surface area contributed by atoms with Crippen LogP contribution in [0.3, 0.4) is 0 Å². The molecule has 10 heteroatoms. The van der Waals surface area contributed by atoms with Gasteiger partial charge in [-0.15, -0.1) is 0 Å². The largest absolute Gasteiger partial charge is 0.497 e. The number of halogens is 1. The monoisotopic (exact) mass is 599 g/mol. The Morgan fingerprint density at radius 3 is 2.27 bits per heavy atom. The van der Waals surface area contributed by atoms with Crippen molar-refractivity contribution >= 4 is 39.1 Å². The summed E-state index contributed by atoms with van der Waals surface area (Å²) in [5.74, 6) is -0.320. The van der Waals surface area contributed by atoms with Crippen LogP contribution in [0.15, 0.2) is 71.6 Å². The first-order chi connectivity index (χ1) is 19.1. The minimum absolute atomic E-state index is 0.0353. The van der Waals surface area contributed by atoms with Crippen molar-refractivity contribution < 1.29 is 22.7 Å². The van der Waals surface area contributed by atoms with Crippen molar-refractivity contribution in [2.75, 3.05) is 18.0 Å². The van der Waals surface area contributed by atoms with Crippen molar-refractivity contribution in [2.24, 2.45) is 0 Å². The smallest absolute Gasteiger partial charge is 0.264 e. The van der Waals surface area contributed by atoms with Crippen LogP contribution in [0, 0.1) is 13.8 Å². The molecule has 0 aliphatic heterocycles. The molecule has 8 nitrogen and oxygen atoms in total. The highest BCUT2D eigenvalue weighted by Crippen LogP contribution is 2.30. The normalized spacial score (nSPS) is 12.4. The Bertz CT molecular complexity index is 1500. The first kappa shape index (κ1) is 32.0. The molecule has 41 heavy (non-hydrogen) atoms. The van der Waals surface area contributed by atoms with Gasteiger partial charge >= 0.3 is 0 Å². The molecule has 0 heterocycles. The fourth-order valence-corrected chi connectivity index (χ4v) is 5.86. The van der Waals surface area contributed by atoms with Gasteiger partial charge in [-0.2, -0.15) is 0 Å². The van der Waals surface area contributed by atoms with E-state index in [0.29, 0.717) is 16.3 Å². The lowest BCUT2D eigenvalue weighted by Crippen LogP contribution is -2.54. The zero-order valence-corrected chi connectivity index (χ0v) is 26.1. The van der Waals surface area contributed by atoms with Crippen molar-refractivity contribution in [1.82, 2.24) is 10.2 Å². The molecule has 3 rings (SSSR count). The van der Waals surface area contributed by atoms with E-state index >= 15 is 0 Å². The fourth-order valence-electron chi connectivity index (χ4n) is 4.23. The van der Waals surface area contributed by atoms with Gasteiger partial charge < -0.3 is 15.0 Å². The van der Waals surface area contributed by atoms with E-state index in [1.54, 1.807) is 63.4 Å². The standard InChI is InChI=1S/C31H38ClN3O5S/c1-21-11-15-27(16-12-21)41(38,39)35(28-18-25(32)14-13-22(28)2)20-29(36)34(23(3)30(37)33-31(4,5)6)19-24-9-8-10-26(17-24)40-7/h8-18,23H,19-20H2,1-7H3,(H,33,37)/t23-/m0/s1. The molecule has 0 saturated heterocycles. The Kier molecular flexibility index (Phi) is 10.1. The molecule has 1 atom stereocenters. The summed E-state index contributed by atoms with van der Waals surface area (Å²) in [7, 11) is -2.65. The van der Waals surface area contributed by atoms with Crippen molar-refractivity contribution in [3.8, 4) is 5.75 Å². The maximum Gasteiger partial charge on any atom is 0.264 e. The third-order valence-corrected chi connectivity index (χ3v) is 8.49.